The predicted molar refractivity (Wildman–Crippen MR) is 102 cm³/mol. The number of benzene rings is 1. The third-order valence-electron chi connectivity index (χ3n) is 6.93. The zero-order valence-corrected chi connectivity index (χ0v) is 15.5. The highest BCUT2D eigenvalue weighted by atomic mass is 16.2. The van der Waals surface area contributed by atoms with Crippen molar-refractivity contribution in [1.82, 2.24) is 10.2 Å². The van der Waals surface area contributed by atoms with Gasteiger partial charge in [-0.25, -0.2) is 4.79 Å². The summed E-state index contributed by atoms with van der Waals surface area (Å²) in [7, 11) is 0. The molecule has 0 aromatic heterocycles. The molecule has 2 N–H and O–H groups in total. The van der Waals surface area contributed by atoms with Crippen LogP contribution in [0.1, 0.15) is 51.9 Å². The Hall–Kier alpha value is -2.04. The minimum atomic E-state index is -0.128. The summed E-state index contributed by atoms with van der Waals surface area (Å²) in [5, 5.41) is 6.14. The normalized spacial score (nSPS) is 33.8. The fraction of sp³-hybridized carbons (Fsp3) is 0.619. The van der Waals surface area contributed by atoms with Crippen LogP contribution in [0.4, 0.5) is 10.5 Å². The van der Waals surface area contributed by atoms with E-state index in [0.717, 1.165) is 50.8 Å². The summed E-state index contributed by atoms with van der Waals surface area (Å²) in [6.07, 6.45) is 7.00. The maximum Gasteiger partial charge on any atom is 0.319 e. The first kappa shape index (κ1) is 17.4. The summed E-state index contributed by atoms with van der Waals surface area (Å²) in [6, 6.07) is 9.60. The van der Waals surface area contributed by atoms with Gasteiger partial charge in [-0.3, -0.25) is 4.79 Å². The van der Waals surface area contributed by atoms with Crippen LogP contribution in [0.2, 0.25) is 0 Å². The molecule has 3 amide bonds. The quantitative estimate of drug-likeness (QED) is 0.848. The van der Waals surface area contributed by atoms with Crippen molar-refractivity contribution in [3.63, 3.8) is 0 Å². The van der Waals surface area contributed by atoms with Crippen LogP contribution >= 0.6 is 0 Å². The van der Waals surface area contributed by atoms with E-state index in [1.165, 1.54) is 0 Å². The highest BCUT2D eigenvalue weighted by Crippen LogP contribution is 2.51. The first-order chi connectivity index (χ1) is 12.6. The van der Waals surface area contributed by atoms with Gasteiger partial charge in [-0.05, 0) is 62.5 Å². The molecule has 4 atom stereocenters. The van der Waals surface area contributed by atoms with Gasteiger partial charge in [0.15, 0.2) is 0 Å². The van der Waals surface area contributed by atoms with E-state index in [9.17, 15) is 9.59 Å². The molecule has 1 saturated carbocycles. The molecule has 26 heavy (non-hydrogen) atoms. The second-order valence-corrected chi connectivity index (χ2v) is 8.22. The van der Waals surface area contributed by atoms with Gasteiger partial charge in [0.05, 0.1) is 0 Å². The Balaban J connectivity index is 1.46. The van der Waals surface area contributed by atoms with Gasteiger partial charge in [0.25, 0.3) is 0 Å². The minimum absolute atomic E-state index is 0.0566. The molecule has 1 spiro atoms. The van der Waals surface area contributed by atoms with Crippen molar-refractivity contribution in [3.8, 4) is 0 Å². The highest BCUT2D eigenvalue weighted by molar-refractivity contribution is 5.89. The summed E-state index contributed by atoms with van der Waals surface area (Å²) < 4.78 is 0. The third-order valence-corrected chi connectivity index (χ3v) is 6.93. The molecule has 140 valence electrons. The van der Waals surface area contributed by atoms with Crippen molar-refractivity contribution in [2.24, 2.45) is 11.8 Å². The fourth-order valence-electron chi connectivity index (χ4n) is 5.74. The van der Waals surface area contributed by atoms with Gasteiger partial charge in [-0.1, -0.05) is 25.1 Å². The van der Waals surface area contributed by atoms with E-state index in [1.807, 2.05) is 30.3 Å². The molecule has 1 aliphatic carbocycles. The summed E-state index contributed by atoms with van der Waals surface area (Å²) in [6.45, 7) is 3.19. The lowest BCUT2D eigenvalue weighted by molar-refractivity contribution is -0.138. The van der Waals surface area contributed by atoms with E-state index >= 15 is 0 Å². The Morgan fingerprint density at radius 1 is 1.15 bits per heavy atom. The zero-order valence-electron chi connectivity index (χ0n) is 15.5. The molecule has 4 rings (SSSR count). The molecular formula is C21H29N3O2. The topological polar surface area (TPSA) is 61.4 Å². The molecule has 1 aromatic rings. The molecule has 2 saturated heterocycles. The lowest BCUT2D eigenvalue weighted by Crippen LogP contribution is -2.60. The standard InChI is InChI=1S/C21H29N3O2/c1-15-17-9-5-10-19(25)24-14-6-12-21(17,24)13-11-18(15)23-20(26)22-16-7-3-2-4-8-16/h2-4,7-8,15,17-18H,5-6,9-14H2,1H3,(H2,22,23,26)/t15-,17+,18+,21-/m1/s1. The van der Waals surface area contributed by atoms with E-state index in [-0.39, 0.29) is 17.6 Å². The Morgan fingerprint density at radius 2 is 1.96 bits per heavy atom. The van der Waals surface area contributed by atoms with Crippen molar-refractivity contribution in [2.45, 2.75) is 63.5 Å². The van der Waals surface area contributed by atoms with E-state index < -0.39 is 0 Å². The first-order valence-electron chi connectivity index (χ1n) is 10.0. The average Bonchev–Trinajstić information content (AvgIpc) is 3.00. The second-order valence-electron chi connectivity index (χ2n) is 8.22. The lowest BCUT2D eigenvalue weighted by Gasteiger charge is -2.52. The van der Waals surface area contributed by atoms with Crippen molar-refractivity contribution >= 4 is 17.6 Å². The van der Waals surface area contributed by atoms with E-state index in [0.29, 0.717) is 24.2 Å². The van der Waals surface area contributed by atoms with Gasteiger partial charge in [0.2, 0.25) is 5.91 Å². The summed E-state index contributed by atoms with van der Waals surface area (Å²) in [5.41, 5.74) is 0.869. The molecular weight excluding hydrogens is 326 g/mol. The number of hydrogen-bond donors (Lipinski definition) is 2. The first-order valence-corrected chi connectivity index (χ1v) is 10.0. The average molecular weight is 355 g/mol. The number of para-hydroxylation sites is 1. The van der Waals surface area contributed by atoms with Crippen molar-refractivity contribution in [3.05, 3.63) is 30.3 Å². The van der Waals surface area contributed by atoms with Crippen LogP contribution in [0.15, 0.2) is 30.3 Å². The SMILES string of the molecule is C[C@H]1[C@@H](NC(=O)Nc2ccccc2)CC[C@@]23CCCN2C(=O)CCC[C@@H]13. The smallest absolute Gasteiger partial charge is 0.319 e. The Morgan fingerprint density at radius 3 is 2.77 bits per heavy atom. The van der Waals surface area contributed by atoms with Crippen LogP contribution in [0, 0.1) is 11.8 Å². The molecule has 1 aromatic carbocycles. The molecule has 0 bridgehead atoms. The Bertz CT molecular complexity index is 677. The van der Waals surface area contributed by atoms with Crippen molar-refractivity contribution in [1.29, 1.82) is 0 Å². The monoisotopic (exact) mass is 355 g/mol. The number of hydrogen-bond acceptors (Lipinski definition) is 2. The minimum Gasteiger partial charge on any atom is -0.337 e. The molecule has 3 aliphatic rings. The summed E-state index contributed by atoms with van der Waals surface area (Å²) in [5.74, 6) is 1.23. The molecule has 0 unspecified atom stereocenters. The Labute approximate surface area is 155 Å². The van der Waals surface area contributed by atoms with Crippen LogP contribution in [0.3, 0.4) is 0 Å². The van der Waals surface area contributed by atoms with Crippen LogP contribution in [-0.4, -0.2) is 35.0 Å². The number of urea groups is 1. The molecule has 5 nitrogen and oxygen atoms in total. The van der Waals surface area contributed by atoms with Gasteiger partial charge in [0.1, 0.15) is 0 Å². The van der Waals surface area contributed by atoms with E-state index in [1.54, 1.807) is 0 Å². The van der Waals surface area contributed by atoms with Gasteiger partial charge in [-0.15, -0.1) is 0 Å². The fourth-order valence-corrected chi connectivity index (χ4v) is 5.74. The highest BCUT2D eigenvalue weighted by Gasteiger charge is 2.55. The second kappa shape index (κ2) is 6.93. The van der Waals surface area contributed by atoms with Gasteiger partial charge in [-0.2, -0.15) is 0 Å². The molecule has 5 heteroatoms. The molecule has 2 heterocycles. The number of rotatable bonds is 2. The molecule has 0 radical (unpaired) electrons. The summed E-state index contributed by atoms with van der Waals surface area (Å²) in [4.78, 5) is 27.2. The molecule has 3 fully saturated rings. The van der Waals surface area contributed by atoms with Crippen LogP contribution in [0.5, 0.6) is 0 Å². The van der Waals surface area contributed by atoms with E-state index in [2.05, 4.69) is 22.5 Å². The van der Waals surface area contributed by atoms with Crippen molar-refractivity contribution in [2.75, 3.05) is 11.9 Å². The van der Waals surface area contributed by atoms with Crippen LogP contribution in [-0.2, 0) is 4.79 Å². The maximum absolute atomic E-state index is 12.6. The maximum atomic E-state index is 12.6. The largest absolute Gasteiger partial charge is 0.337 e. The number of carbonyl (C=O) groups is 2. The zero-order chi connectivity index (χ0) is 18.1. The van der Waals surface area contributed by atoms with E-state index in [4.69, 9.17) is 0 Å². The summed E-state index contributed by atoms with van der Waals surface area (Å²) >= 11 is 0. The number of carbonyl (C=O) groups excluding carboxylic acids is 2. The van der Waals surface area contributed by atoms with Crippen LogP contribution < -0.4 is 10.6 Å². The van der Waals surface area contributed by atoms with Crippen molar-refractivity contribution < 1.29 is 9.59 Å². The van der Waals surface area contributed by atoms with Gasteiger partial charge < -0.3 is 15.5 Å². The van der Waals surface area contributed by atoms with Gasteiger partial charge in [0, 0.05) is 30.2 Å². The predicted octanol–water partition coefficient (Wildman–Crippen LogP) is 3.77. The Kier molecular flexibility index (Phi) is 4.63. The number of amides is 3. The number of nitrogens with zero attached hydrogens (tertiary/aromatic N) is 1. The molecule has 2 aliphatic heterocycles. The number of anilines is 1. The lowest BCUT2D eigenvalue weighted by atomic mass is 9.63. The van der Waals surface area contributed by atoms with Crippen LogP contribution in [0.25, 0.3) is 0 Å². The van der Waals surface area contributed by atoms with Gasteiger partial charge >= 0.3 is 6.03 Å². The third kappa shape index (κ3) is 2.97. The number of nitrogens with one attached hydrogen (secondary N) is 2.